The molecule has 1 aromatic heterocycles. The highest BCUT2D eigenvalue weighted by Crippen LogP contribution is 2.49. The van der Waals surface area contributed by atoms with E-state index < -0.39 is 40.9 Å². The Morgan fingerprint density at radius 2 is 1.70 bits per heavy atom. The number of benzene rings is 2. The normalized spacial score (nSPS) is 22.8. The lowest BCUT2D eigenvalue weighted by Crippen LogP contribution is -2.58. The Bertz CT molecular complexity index is 1550. The molecule has 0 spiro atoms. The number of nitrogens with zero attached hydrogens (tertiary/aromatic N) is 3. The summed E-state index contributed by atoms with van der Waals surface area (Å²) in [4.78, 5) is 42.5. The van der Waals surface area contributed by atoms with Gasteiger partial charge < -0.3 is 15.0 Å². The van der Waals surface area contributed by atoms with Crippen LogP contribution in [0.1, 0.15) is 52.2 Å². The van der Waals surface area contributed by atoms with Gasteiger partial charge in [0.15, 0.2) is 11.4 Å². The van der Waals surface area contributed by atoms with Crippen LogP contribution in [0.3, 0.4) is 0 Å². The van der Waals surface area contributed by atoms with E-state index >= 15 is 0 Å². The number of carbonyl (C=O) groups is 2. The molecule has 11 heteroatoms. The number of rotatable bonds is 6. The maximum absolute atomic E-state index is 14.2. The second kappa shape index (κ2) is 9.72. The molecular formula is C29H27F3N4O4. The fraction of sp³-hybridized carbons (Fsp3) is 0.345. The molecule has 1 unspecified atom stereocenters. The number of nitrogens with one attached hydrogen (secondary N) is 1. The van der Waals surface area contributed by atoms with E-state index in [2.05, 4.69) is 5.32 Å². The van der Waals surface area contributed by atoms with Crippen LogP contribution in [0.15, 0.2) is 53.5 Å². The monoisotopic (exact) mass is 552 g/mol. The lowest BCUT2D eigenvalue weighted by Gasteiger charge is -2.43. The summed E-state index contributed by atoms with van der Waals surface area (Å²) in [6.07, 6.45) is 2.26. The van der Waals surface area contributed by atoms with Crippen molar-refractivity contribution in [2.45, 2.75) is 45.5 Å². The number of halogens is 3. The van der Waals surface area contributed by atoms with Gasteiger partial charge in [0.1, 0.15) is 36.3 Å². The summed E-state index contributed by atoms with van der Waals surface area (Å²) in [6, 6.07) is 10.1. The first kappa shape index (κ1) is 26.0. The third-order valence-electron chi connectivity index (χ3n) is 8.28. The van der Waals surface area contributed by atoms with Crippen molar-refractivity contribution in [2.75, 3.05) is 11.7 Å². The number of fused-ring (bicyclic) bond motifs is 5. The van der Waals surface area contributed by atoms with Crippen LogP contribution in [0.5, 0.6) is 5.75 Å². The first-order valence-corrected chi connectivity index (χ1v) is 13.1. The molecule has 1 aliphatic carbocycles. The third-order valence-corrected chi connectivity index (χ3v) is 8.28. The van der Waals surface area contributed by atoms with Crippen molar-refractivity contribution in [2.24, 2.45) is 11.8 Å². The highest BCUT2D eigenvalue weighted by Gasteiger charge is 2.54. The van der Waals surface area contributed by atoms with Gasteiger partial charge in [-0.3, -0.25) is 24.1 Å². The zero-order chi connectivity index (χ0) is 28.3. The van der Waals surface area contributed by atoms with Crippen molar-refractivity contribution in [3.63, 3.8) is 0 Å². The molecule has 2 aromatic carbocycles. The molecule has 2 fully saturated rings. The maximum atomic E-state index is 14.2. The number of hydrogen-bond donors (Lipinski definition) is 1. The molecule has 1 saturated heterocycles. The highest BCUT2D eigenvalue weighted by molar-refractivity contribution is 5.99. The van der Waals surface area contributed by atoms with Crippen LogP contribution in [0.2, 0.25) is 0 Å². The SMILES string of the molecule is CC1[C@H]2C[C@H]2[C@H](C)N2CN1n1cc(C(=O)NCc3c(F)cc(F)cc3F)c(=O)c(OCc3ccccc3)c1C2=O. The number of carbonyl (C=O) groups excluding carboxylic acids is 2. The Morgan fingerprint density at radius 3 is 2.40 bits per heavy atom. The Morgan fingerprint density at radius 1 is 1.02 bits per heavy atom. The molecule has 3 heterocycles. The largest absolute Gasteiger partial charge is 0.482 e. The maximum Gasteiger partial charge on any atom is 0.278 e. The van der Waals surface area contributed by atoms with Gasteiger partial charge in [-0.25, -0.2) is 13.2 Å². The fourth-order valence-corrected chi connectivity index (χ4v) is 5.87. The molecular weight excluding hydrogens is 525 g/mol. The van der Waals surface area contributed by atoms with Gasteiger partial charge in [0.25, 0.3) is 11.8 Å². The second-order valence-corrected chi connectivity index (χ2v) is 10.6. The van der Waals surface area contributed by atoms with E-state index in [4.69, 9.17) is 4.74 Å². The van der Waals surface area contributed by atoms with Crippen LogP contribution < -0.4 is 20.5 Å². The second-order valence-electron chi connectivity index (χ2n) is 10.6. The molecule has 3 aliphatic rings. The number of amides is 2. The number of pyridine rings is 1. The predicted octanol–water partition coefficient (Wildman–Crippen LogP) is 3.55. The van der Waals surface area contributed by atoms with Crippen LogP contribution in [-0.2, 0) is 13.2 Å². The Labute approximate surface area is 227 Å². The number of aromatic nitrogens is 1. The lowest BCUT2D eigenvalue weighted by atomic mass is 10.1. The molecule has 6 rings (SSSR count). The van der Waals surface area contributed by atoms with Gasteiger partial charge in [-0.05, 0) is 37.7 Å². The zero-order valence-electron chi connectivity index (χ0n) is 21.9. The van der Waals surface area contributed by atoms with Crippen molar-refractivity contribution in [1.29, 1.82) is 0 Å². The number of hydrogen-bond acceptors (Lipinski definition) is 5. The Balaban J connectivity index is 1.41. The van der Waals surface area contributed by atoms with Crippen molar-refractivity contribution >= 4 is 11.8 Å². The first-order chi connectivity index (χ1) is 19.2. The minimum Gasteiger partial charge on any atom is -0.482 e. The third kappa shape index (κ3) is 4.29. The summed E-state index contributed by atoms with van der Waals surface area (Å²) in [5.74, 6) is -4.29. The van der Waals surface area contributed by atoms with Crippen LogP contribution >= 0.6 is 0 Å². The van der Waals surface area contributed by atoms with E-state index in [0.717, 1.165) is 12.0 Å². The lowest BCUT2D eigenvalue weighted by molar-refractivity contribution is 0.0602. The van der Waals surface area contributed by atoms with Gasteiger partial charge in [0.05, 0.1) is 0 Å². The van der Waals surface area contributed by atoms with E-state index in [-0.39, 0.29) is 48.3 Å². The van der Waals surface area contributed by atoms with E-state index in [1.54, 1.807) is 17.0 Å². The van der Waals surface area contributed by atoms with Crippen molar-refractivity contribution in [1.82, 2.24) is 14.9 Å². The van der Waals surface area contributed by atoms with Crippen LogP contribution in [0, 0.1) is 29.3 Å². The first-order valence-electron chi connectivity index (χ1n) is 13.1. The van der Waals surface area contributed by atoms with E-state index in [9.17, 15) is 27.6 Å². The minimum absolute atomic E-state index is 0.00657. The summed E-state index contributed by atoms with van der Waals surface area (Å²) in [7, 11) is 0. The van der Waals surface area contributed by atoms with Crippen molar-refractivity contribution in [3.8, 4) is 5.75 Å². The zero-order valence-corrected chi connectivity index (χ0v) is 21.9. The smallest absolute Gasteiger partial charge is 0.278 e. The van der Waals surface area contributed by atoms with E-state index in [1.165, 1.54) is 10.9 Å². The Kier molecular flexibility index (Phi) is 6.31. The van der Waals surface area contributed by atoms with Gasteiger partial charge in [0.2, 0.25) is 5.43 Å². The summed E-state index contributed by atoms with van der Waals surface area (Å²) < 4.78 is 49.1. The van der Waals surface area contributed by atoms with Crippen molar-refractivity contribution in [3.05, 3.63) is 98.7 Å². The molecule has 1 saturated carbocycles. The van der Waals surface area contributed by atoms with Gasteiger partial charge in [0, 0.05) is 42.5 Å². The van der Waals surface area contributed by atoms with Gasteiger partial charge >= 0.3 is 0 Å². The predicted molar refractivity (Wildman–Crippen MR) is 139 cm³/mol. The molecule has 0 radical (unpaired) electrons. The van der Waals surface area contributed by atoms with Crippen LogP contribution in [0.25, 0.3) is 0 Å². The molecule has 2 aliphatic heterocycles. The standard InChI is InChI=1S/C29H27F3N4O4/c1-15-19-10-20(19)16(2)36-14-34(15)29(39)25-27(40-13-17-6-4-3-5-7-17)26(37)22(12-35(25)36)28(38)33-11-21-23(31)8-18(30)9-24(21)32/h3-9,12,15-16,19-20H,10-11,13-14H2,1-2H3,(H,33,38)/t15-,16?,19-,20+/m0/s1. The molecule has 3 aromatic rings. The Hall–Kier alpha value is -4.28. The van der Waals surface area contributed by atoms with Gasteiger partial charge in [-0.1, -0.05) is 30.3 Å². The van der Waals surface area contributed by atoms with E-state index in [1.807, 2.05) is 37.1 Å². The average molecular weight is 553 g/mol. The van der Waals surface area contributed by atoms with Crippen LogP contribution in [0.4, 0.5) is 13.2 Å². The van der Waals surface area contributed by atoms with Crippen LogP contribution in [-0.4, -0.2) is 40.1 Å². The summed E-state index contributed by atoms with van der Waals surface area (Å²) in [5.41, 5.74) is -0.942. The van der Waals surface area contributed by atoms with E-state index in [0.29, 0.717) is 24.0 Å². The topological polar surface area (TPSA) is 83.9 Å². The molecule has 208 valence electrons. The molecule has 4 atom stereocenters. The summed E-state index contributed by atoms with van der Waals surface area (Å²) in [5, 5.41) is 4.30. The molecule has 2 amide bonds. The van der Waals surface area contributed by atoms with Gasteiger partial charge in [-0.15, -0.1) is 0 Å². The summed E-state index contributed by atoms with van der Waals surface area (Å²) >= 11 is 0. The molecule has 8 nitrogen and oxygen atoms in total. The summed E-state index contributed by atoms with van der Waals surface area (Å²) in [6.45, 7) is 3.68. The molecule has 2 bridgehead atoms. The highest BCUT2D eigenvalue weighted by atomic mass is 19.1. The molecule has 1 N–H and O–H groups in total. The minimum atomic E-state index is -1.16. The quantitative estimate of drug-likeness (QED) is 0.506. The molecule has 40 heavy (non-hydrogen) atoms. The van der Waals surface area contributed by atoms with Crippen molar-refractivity contribution < 1.29 is 27.5 Å². The fourth-order valence-electron chi connectivity index (χ4n) is 5.87. The average Bonchev–Trinajstić information content (AvgIpc) is 3.73. The number of ether oxygens (including phenoxy) is 1. The van der Waals surface area contributed by atoms with Gasteiger partial charge in [-0.2, -0.15) is 0 Å².